The van der Waals surface area contributed by atoms with Crippen molar-refractivity contribution < 1.29 is 22.7 Å². The summed E-state index contributed by atoms with van der Waals surface area (Å²) in [6, 6.07) is 22.2. The first kappa shape index (κ1) is 25.8. The predicted octanol–water partition coefficient (Wildman–Crippen LogP) is 6.19. The van der Waals surface area contributed by atoms with Gasteiger partial charge in [-0.1, -0.05) is 66.2 Å². The maximum Gasteiger partial charge on any atom is 0.508 e. The third-order valence-electron chi connectivity index (χ3n) is 4.93. The molecule has 0 saturated heterocycles. The molecule has 0 aliphatic carbocycles. The van der Waals surface area contributed by atoms with Crippen LogP contribution in [0.25, 0.3) is 11.1 Å². The number of rotatable bonds is 9. The Labute approximate surface area is 214 Å². The number of sulfonamides is 1. The lowest BCUT2D eigenvalue weighted by Gasteiger charge is -2.27. The Balaban J connectivity index is 2.03. The van der Waals surface area contributed by atoms with Gasteiger partial charge >= 0.3 is 6.16 Å². The van der Waals surface area contributed by atoms with E-state index in [2.05, 4.69) is 22.6 Å². The second-order valence-corrected chi connectivity index (χ2v) is 10.3. The molecule has 0 aromatic heterocycles. The second kappa shape index (κ2) is 12.0. The van der Waals surface area contributed by atoms with Crippen LogP contribution in [0.15, 0.2) is 89.8 Å². The number of hydrogen-bond donors (Lipinski definition) is 0. The first-order valence-electron chi connectivity index (χ1n) is 10.7. The van der Waals surface area contributed by atoms with Crippen molar-refractivity contribution in [3.05, 3.63) is 94.1 Å². The molecule has 0 unspecified atom stereocenters. The molecule has 0 N–H and O–H groups in total. The van der Waals surface area contributed by atoms with Crippen molar-refractivity contribution in [2.24, 2.45) is 0 Å². The predicted molar refractivity (Wildman–Crippen MR) is 142 cm³/mol. The van der Waals surface area contributed by atoms with Crippen molar-refractivity contribution in [2.45, 2.75) is 18.7 Å². The molecule has 3 rings (SSSR count). The minimum Gasteiger partial charge on any atom is -0.435 e. The highest BCUT2D eigenvalue weighted by molar-refractivity contribution is 14.1. The molecule has 6 nitrogen and oxygen atoms in total. The van der Waals surface area contributed by atoms with E-state index in [-0.39, 0.29) is 24.7 Å². The highest BCUT2D eigenvalue weighted by atomic mass is 127. The normalized spacial score (nSPS) is 11.4. The van der Waals surface area contributed by atoms with E-state index in [1.54, 1.807) is 43.3 Å². The van der Waals surface area contributed by atoms with Gasteiger partial charge in [-0.05, 0) is 66.3 Å². The van der Waals surface area contributed by atoms with Crippen LogP contribution in [0, 0.1) is 10.5 Å². The molecule has 178 valence electrons. The molecule has 0 atom stereocenters. The summed E-state index contributed by atoms with van der Waals surface area (Å²) < 4.78 is 39.5. The molecule has 8 heteroatoms. The quantitative estimate of drug-likeness (QED) is 0.169. The Bertz CT molecular complexity index is 1240. The first-order valence-corrected chi connectivity index (χ1v) is 13.2. The topological polar surface area (TPSA) is 72.9 Å². The summed E-state index contributed by atoms with van der Waals surface area (Å²) >= 11 is 2.16. The zero-order chi connectivity index (χ0) is 24.6. The number of carbonyl (C=O) groups is 1. The Kier molecular flexibility index (Phi) is 9.12. The third kappa shape index (κ3) is 6.38. The van der Waals surface area contributed by atoms with Gasteiger partial charge in [-0.2, -0.15) is 0 Å². The van der Waals surface area contributed by atoms with E-state index in [0.717, 1.165) is 20.3 Å². The van der Waals surface area contributed by atoms with Crippen LogP contribution in [0.3, 0.4) is 0 Å². The number of carbonyl (C=O) groups excluding carboxylic acids is 1. The van der Waals surface area contributed by atoms with Gasteiger partial charge in [0.1, 0.15) is 6.61 Å². The third-order valence-corrected chi connectivity index (χ3v) is 7.58. The zero-order valence-corrected chi connectivity index (χ0v) is 22.0. The average Bonchev–Trinajstić information content (AvgIpc) is 2.82. The molecule has 0 aliphatic heterocycles. The van der Waals surface area contributed by atoms with E-state index < -0.39 is 16.2 Å². The molecular formula is C26H26INO5S. The van der Waals surface area contributed by atoms with Gasteiger partial charge in [0.15, 0.2) is 0 Å². The highest BCUT2D eigenvalue weighted by Gasteiger charge is 2.28. The number of ether oxygens (including phenoxy) is 2. The van der Waals surface area contributed by atoms with E-state index in [4.69, 9.17) is 9.47 Å². The fourth-order valence-electron chi connectivity index (χ4n) is 3.28. The fraction of sp³-hybridized carbons (Fsp3) is 0.192. The maximum atomic E-state index is 13.8. The second-order valence-electron chi connectivity index (χ2n) is 7.32. The number of anilines is 1. The van der Waals surface area contributed by atoms with Gasteiger partial charge in [0, 0.05) is 9.13 Å². The molecular weight excluding hydrogens is 565 g/mol. The van der Waals surface area contributed by atoms with Crippen molar-refractivity contribution >= 4 is 44.5 Å². The SMILES string of the molecule is CCOC(=O)OC/C=C/CN(c1c(I)cccc1-c1ccccc1)S(=O)(=O)c1ccc(C)cc1. The van der Waals surface area contributed by atoms with Crippen LogP contribution in [0.1, 0.15) is 12.5 Å². The van der Waals surface area contributed by atoms with Crippen LogP contribution in [-0.4, -0.2) is 34.3 Å². The number of aryl methyl sites for hydroxylation is 1. The van der Waals surface area contributed by atoms with Gasteiger partial charge < -0.3 is 9.47 Å². The summed E-state index contributed by atoms with van der Waals surface area (Å²) in [5.41, 5.74) is 3.28. The molecule has 0 radical (unpaired) electrons. The van der Waals surface area contributed by atoms with Crippen LogP contribution >= 0.6 is 22.6 Å². The molecule has 0 spiro atoms. The lowest BCUT2D eigenvalue weighted by atomic mass is 10.0. The molecule has 0 saturated carbocycles. The highest BCUT2D eigenvalue weighted by Crippen LogP contribution is 2.37. The zero-order valence-electron chi connectivity index (χ0n) is 19.0. The van der Waals surface area contributed by atoms with Crippen LogP contribution in [0.4, 0.5) is 10.5 Å². The minimum absolute atomic E-state index is 0.0192. The minimum atomic E-state index is -3.89. The molecule has 0 aliphatic rings. The van der Waals surface area contributed by atoms with Crippen molar-refractivity contribution in [2.75, 3.05) is 24.1 Å². The van der Waals surface area contributed by atoms with E-state index >= 15 is 0 Å². The van der Waals surface area contributed by atoms with E-state index in [1.165, 1.54) is 4.31 Å². The standard InChI is InChI=1S/C26H26INO5S/c1-3-32-26(29)33-19-8-7-18-28(34(30,31)22-16-14-20(2)15-17-22)25-23(12-9-13-24(25)27)21-10-5-4-6-11-21/h4-17H,3,18-19H2,1-2H3/b8-7+. The summed E-state index contributed by atoms with van der Waals surface area (Å²) in [5, 5.41) is 0. The van der Waals surface area contributed by atoms with E-state index in [1.807, 2.05) is 55.5 Å². The Morgan fingerprint density at radius 2 is 1.65 bits per heavy atom. The first-order chi connectivity index (χ1) is 16.3. The molecule has 0 bridgehead atoms. The number of benzene rings is 3. The van der Waals surface area contributed by atoms with Gasteiger partial charge in [0.25, 0.3) is 10.0 Å². The van der Waals surface area contributed by atoms with Crippen molar-refractivity contribution in [1.29, 1.82) is 0 Å². The van der Waals surface area contributed by atoms with Crippen molar-refractivity contribution in [1.82, 2.24) is 0 Å². The van der Waals surface area contributed by atoms with Crippen LogP contribution in [0.2, 0.25) is 0 Å². The van der Waals surface area contributed by atoms with Gasteiger partial charge in [-0.15, -0.1) is 0 Å². The molecule has 0 fully saturated rings. The lowest BCUT2D eigenvalue weighted by molar-refractivity contribution is 0.0673. The van der Waals surface area contributed by atoms with Crippen LogP contribution in [0.5, 0.6) is 0 Å². The number of hydrogen-bond acceptors (Lipinski definition) is 5. The molecule has 3 aromatic carbocycles. The fourth-order valence-corrected chi connectivity index (χ4v) is 5.69. The summed E-state index contributed by atoms with van der Waals surface area (Å²) in [4.78, 5) is 11.6. The molecule has 0 amide bonds. The van der Waals surface area contributed by atoms with Crippen LogP contribution in [-0.2, 0) is 19.5 Å². The molecule has 3 aromatic rings. The van der Waals surface area contributed by atoms with Crippen LogP contribution < -0.4 is 4.31 Å². The Morgan fingerprint density at radius 1 is 0.941 bits per heavy atom. The van der Waals surface area contributed by atoms with E-state index in [9.17, 15) is 13.2 Å². The lowest BCUT2D eigenvalue weighted by Crippen LogP contribution is -2.32. The molecule has 0 heterocycles. The van der Waals surface area contributed by atoms with Gasteiger partial charge in [-0.25, -0.2) is 13.2 Å². The summed E-state index contributed by atoms with van der Waals surface area (Å²) in [5.74, 6) is 0. The maximum absolute atomic E-state index is 13.8. The number of halogens is 1. The monoisotopic (exact) mass is 591 g/mol. The van der Waals surface area contributed by atoms with Gasteiger partial charge in [-0.3, -0.25) is 4.31 Å². The number of para-hydroxylation sites is 1. The Hall–Kier alpha value is -2.85. The van der Waals surface area contributed by atoms with Crippen molar-refractivity contribution in [3.8, 4) is 11.1 Å². The van der Waals surface area contributed by atoms with Crippen molar-refractivity contribution in [3.63, 3.8) is 0 Å². The van der Waals surface area contributed by atoms with E-state index in [0.29, 0.717) is 5.69 Å². The number of nitrogens with zero attached hydrogens (tertiary/aromatic N) is 1. The van der Waals surface area contributed by atoms with Gasteiger partial charge in [0.2, 0.25) is 0 Å². The average molecular weight is 591 g/mol. The molecule has 34 heavy (non-hydrogen) atoms. The summed E-state index contributed by atoms with van der Waals surface area (Å²) in [6.45, 7) is 3.86. The summed E-state index contributed by atoms with van der Waals surface area (Å²) in [6.07, 6.45) is 2.51. The van der Waals surface area contributed by atoms with Gasteiger partial charge in [0.05, 0.1) is 23.7 Å². The largest absolute Gasteiger partial charge is 0.508 e. The summed E-state index contributed by atoms with van der Waals surface area (Å²) in [7, 11) is -3.89. The Morgan fingerprint density at radius 3 is 2.32 bits per heavy atom. The smallest absolute Gasteiger partial charge is 0.435 e.